The molecule has 1 fully saturated rings. The van der Waals surface area contributed by atoms with Crippen LogP contribution >= 0.6 is 24.8 Å². The van der Waals surface area contributed by atoms with Crippen molar-refractivity contribution in [3.05, 3.63) is 48.5 Å². The molecule has 1 amide bonds. The van der Waals surface area contributed by atoms with Gasteiger partial charge in [0.05, 0.1) is 6.33 Å². The zero-order chi connectivity index (χ0) is 13.2. The van der Waals surface area contributed by atoms with Crippen molar-refractivity contribution in [1.29, 1.82) is 0 Å². The van der Waals surface area contributed by atoms with Crippen molar-refractivity contribution >= 4 is 30.7 Å². The van der Waals surface area contributed by atoms with Crippen molar-refractivity contribution in [3.8, 4) is 5.69 Å². The molecule has 0 aliphatic carbocycles. The standard InChI is InChI=1S/C14H16N4O.2ClH/c15-12-5-7-17(9-12)14(19)11-1-3-13(4-2-11)18-8-6-16-10-18;;/h1-4,6,8,10,12H,5,7,9,15H2;2*1H/t12-;;/m1../s1. The van der Waals surface area contributed by atoms with Gasteiger partial charge in [0.1, 0.15) is 0 Å². The van der Waals surface area contributed by atoms with Gasteiger partial charge in [-0.1, -0.05) is 0 Å². The second kappa shape index (κ2) is 7.45. The zero-order valence-electron chi connectivity index (χ0n) is 11.4. The van der Waals surface area contributed by atoms with Crippen molar-refractivity contribution in [2.45, 2.75) is 12.5 Å². The van der Waals surface area contributed by atoms with E-state index in [2.05, 4.69) is 4.98 Å². The van der Waals surface area contributed by atoms with Gasteiger partial charge in [-0.3, -0.25) is 4.79 Å². The SMILES string of the molecule is Cl.Cl.N[C@@H]1CCN(C(=O)c2ccc(-n3ccnc3)cc2)C1. The van der Waals surface area contributed by atoms with Gasteiger partial charge in [-0.15, -0.1) is 24.8 Å². The van der Waals surface area contributed by atoms with Crippen LogP contribution in [0.1, 0.15) is 16.8 Å². The van der Waals surface area contributed by atoms with Crippen LogP contribution < -0.4 is 5.73 Å². The lowest BCUT2D eigenvalue weighted by Gasteiger charge is -2.16. The number of amides is 1. The summed E-state index contributed by atoms with van der Waals surface area (Å²) < 4.78 is 1.90. The number of nitrogens with two attached hydrogens (primary N) is 1. The van der Waals surface area contributed by atoms with E-state index < -0.39 is 0 Å². The van der Waals surface area contributed by atoms with Crippen LogP contribution in [0.4, 0.5) is 0 Å². The summed E-state index contributed by atoms with van der Waals surface area (Å²) in [5.41, 5.74) is 7.52. The Morgan fingerprint density at radius 2 is 1.95 bits per heavy atom. The van der Waals surface area contributed by atoms with E-state index in [1.165, 1.54) is 0 Å². The normalized spacial score (nSPS) is 17.0. The van der Waals surface area contributed by atoms with Gasteiger partial charge in [0.25, 0.3) is 5.91 Å². The molecule has 1 aliphatic rings. The number of aromatic nitrogens is 2. The van der Waals surface area contributed by atoms with E-state index >= 15 is 0 Å². The number of likely N-dealkylation sites (tertiary alicyclic amines) is 1. The molecule has 1 aliphatic heterocycles. The number of hydrogen-bond donors (Lipinski definition) is 1. The Hall–Kier alpha value is -1.56. The minimum absolute atomic E-state index is 0. The first-order chi connectivity index (χ1) is 9.24. The van der Waals surface area contributed by atoms with Crippen LogP contribution in [0.25, 0.3) is 5.69 Å². The Labute approximate surface area is 136 Å². The van der Waals surface area contributed by atoms with Crippen LogP contribution in [0.5, 0.6) is 0 Å². The molecule has 2 heterocycles. The third-order valence-corrected chi connectivity index (χ3v) is 3.43. The molecule has 1 aromatic carbocycles. The van der Waals surface area contributed by atoms with E-state index in [1.54, 1.807) is 12.5 Å². The molecule has 2 N–H and O–H groups in total. The smallest absolute Gasteiger partial charge is 0.253 e. The molecule has 1 aromatic heterocycles. The molecule has 0 spiro atoms. The molecule has 1 saturated heterocycles. The number of carbonyl (C=O) groups is 1. The lowest BCUT2D eigenvalue weighted by molar-refractivity contribution is 0.0791. The van der Waals surface area contributed by atoms with Gasteiger partial charge in [-0.2, -0.15) is 0 Å². The Morgan fingerprint density at radius 3 is 2.48 bits per heavy atom. The molecule has 0 bridgehead atoms. The topological polar surface area (TPSA) is 64.2 Å². The van der Waals surface area contributed by atoms with E-state index in [4.69, 9.17) is 5.73 Å². The summed E-state index contributed by atoms with van der Waals surface area (Å²) in [7, 11) is 0. The average Bonchev–Trinajstić information content (AvgIpc) is 3.09. The maximum Gasteiger partial charge on any atom is 0.253 e. The van der Waals surface area contributed by atoms with Crippen molar-refractivity contribution in [2.24, 2.45) is 5.73 Å². The molecule has 0 saturated carbocycles. The second-order valence-electron chi connectivity index (χ2n) is 4.82. The first-order valence-corrected chi connectivity index (χ1v) is 6.37. The van der Waals surface area contributed by atoms with Gasteiger partial charge in [-0.25, -0.2) is 4.98 Å². The molecule has 21 heavy (non-hydrogen) atoms. The van der Waals surface area contributed by atoms with Gasteiger partial charge < -0.3 is 15.2 Å². The molecule has 3 rings (SSSR count). The molecule has 2 aromatic rings. The van der Waals surface area contributed by atoms with Crippen LogP contribution in [0.3, 0.4) is 0 Å². The monoisotopic (exact) mass is 328 g/mol. The van der Waals surface area contributed by atoms with Crippen molar-refractivity contribution in [2.75, 3.05) is 13.1 Å². The highest BCUT2D eigenvalue weighted by Crippen LogP contribution is 2.14. The molecule has 0 unspecified atom stereocenters. The minimum Gasteiger partial charge on any atom is -0.337 e. The number of nitrogens with zero attached hydrogens (tertiary/aromatic N) is 3. The molecular formula is C14H18Cl2N4O. The summed E-state index contributed by atoms with van der Waals surface area (Å²) in [5, 5.41) is 0. The lowest BCUT2D eigenvalue weighted by atomic mass is 10.2. The quantitative estimate of drug-likeness (QED) is 0.915. The van der Waals surface area contributed by atoms with E-state index in [1.807, 2.05) is 39.9 Å². The fourth-order valence-electron chi connectivity index (χ4n) is 2.34. The van der Waals surface area contributed by atoms with Gasteiger partial charge in [0.2, 0.25) is 0 Å². The lowest BCUT2D eigenvalue weighted by Crippen LogP contribution is -2.31. The Bertz CT molecular complexity index is 571. The summed E-state index contributed by atoms with van der Waals surface area (Å²) in [4.78, 5) is 18.1. The number of hydrogen-bond acceptors (Lipinski definition) is 3. The largest absolute Gasteiger partial charge is 0.337 e. The highest BCUT2D eigenvalue weighted by molar-refractivity contribution is 5.94. The summed E-state index contributed by atoms with van der Waals surface area (Å²) in [6.45, 7) is 1.41. The number of imidazole rings is 1. The second-order valence-corrected chi connectivity index (χ2v) is 4.82. The summed E-state index contributed by atoms with van der Waals surface area (Å²) >= 11 is 0. The Morgan fingerprint density at radius 1 is 1.24 bits per heavy atom. The molecule has 114 valence electrons. The Kier molecular flexibility index (Phi) is 6.20. The predicted octanol–water partition coefficient (Wildman–Crippen LogP) is 1.89. The van der Waals surface area contributed by atoms with Crippen molar-refractivity contribution in [1.82, 2.24) is 14.5 Å². The van der Waals surface area contributed by atoms with Gasteiger partial charge >= 0.3 is 0 Å². The maximum atomic E-state index is 12.2. The van der Waals surface area contributed by atoms with Crippen LogP contribution in [0, 0.1) is 0 Å². The minimum atomic E-state index is 0. The van der Waals surface area contributed by atoms with E-state index in [-0.39, 0.29) is 36.8 Å². The van der Waals surface area contributed by atoms with Crippen LogP contribution in [-0.2, 0) is 0 Å². The third kappa shape index (κ3) is 3.75. The first-order valence-electron chi connectivity index (χ1n) is 6.37. The van der Waals surface area contributed by atoms with Gasteiger partial charge in [-0.05, 0) is 30.7 Å². The van der Waals surface area contributed by atoms with Gasteiger partial charge in [0.15, 0.2) is 0 Å². The van der Waals surface area contributed by atoms with Gasteiger partial charge in [0, 0.05) is 42.8 Å². The molecule has 5 nitrogen and oxygen atoms in total. The zero-order valence-corrected chi connectivity index (χ0v) is 13.0. The number of carbonyl (C=O) groups excluding carboxylic acids is 1. The summed E-state index contributed by atoms with van der Waals surface area (Å²) in [5.74, 6) is 0.0603. The van der Waals surface area contributed by atoms with Crippen LogP contribution in [0.15, 0.2) is 43.0 Å². The fourth-order valence-corrected chi connectivity index (χ4v) is 2.34. The van der Waals surface area contributed by atoms with Crippen LogP contribution in [0.2, 0.25) is 0 Å². The molecule has 0 radical (unpaired) electrons. The van der Waals surface area contributed by atoms with E-state index in [9.17, 15) is 4.79 Å². The fraction of sp³-hybridized carbons (Fsp3) is 0.286. The van der Waals surface area contributed by atoms with Crippen molar-refractivity contribution in [3.63, 3.8) is 0 Å². The van der Waals surface area contributed by atoms with E-state index in [0.29, 0.717) is 12.1 Å². The third-order valence-electron chi connectivity index (χ3n) is 3.43. The number of benzene rings is 1. The highest BCUT2D eigenvalue weighted by Gasteiger charge is 2.24. The number of rotatable bonds is 2. The summed E-state index contributed by atoms with van der Waals surface area (Å²) in [6, 6.07) is 7.66. The number of halogens is 2. The molecule has 1 atom stereocenters. The van der Waals surface area contributed by atoms with Crippen molar-refractivity contribution < 1.29 is 4.79 Å². The van der Waals surface area contributed by atoms with Crippen LogP contribution in [-0.4, -0.2) is 39.5 Å². The predicted molar refractivity (Wildman–Crippen MR) is 86.6 cm³/mol. The van der Waals surface area contributed by atoms with E-state index in [0.717, 1.165) is 18.7 Å². The average molecular weight is 329 g/mol. The first kappa shape index (κ1) is 17.5. The highest BCUT2D eigenvalue weighted by atomic mass is 35.5. The summed E-state index contributed by atoms with van der Waals surface area (Å²) in [6.07, 6.45) is 6.22. The maximum absolute atomic E-state index is 12.2. The molecular weight excluding hydrogens is 311 g/mol. The Balaban J connectivity index is 0.00000110. The molecule has 7 heteroatoms.